The standard InChI is InChI=1S/C30H36FN7O5S2/c1-17(2)45(40,41)37-22-9-10-24(21-8-7-12-32-25(21)22)42-27-26(44-18(3)34-27)23-11-13-33-28(36-23)35-20-14-19(31)15-38(16-20)29(39)43-30(4,5)6/h7-13,17,19-20,37H,14-16H2,1-6H3,(H,33,35,36)/t19-,20-/m0/s1. The zero-order chi connectivity index (χ0) is 32.5. The number of piperidine rings is 1. The SMILES string of the molecule is Cc1nc(Oc2ccc(NS(=O)(=O)C(C)C)c3ncccc23)c(-c2ccnc(N[C@H]3C[C@H](F)CN(C(=O)OC(C)(C)C)C3)n2)s1. The van der Waals surface area contributed by atoms with E-state index in [-0.39, 0.29) is 25.5 Å². The van der Waals surface area contributed by atoms with Crippen LogP contribution in [0.1, 0.15) is 46.0 Å². The number of amides is 1. The molecule has 5 rings (SSSR count). The molecule has 4 aromatic rings. The molecule has 1 fully saturated rings. The molecule has 0 saturated carbocycles. The molecule has 1 saturated heterocycles. The highest BCUT2D eigenvalue weighted by molar-refractivity contribution is 7.93. The number of aryl methyl sites for hydroxylation is 1. The van der Waals surface area contributed by atoms with Crippen LogP contribution in [0.5, 0.6) is 11.6 Å². The molecule has 0 spiro atoms. The first-order chi connectivity index (χ1) is 21.2. The second kappa shape index (κ2) is 12.7. The minimum atomic E-state index is -3.59. The molecule has 4 heterocycles. The molecule has 2 atom stereocenters. The quantitative estimate of drug-likeness (QED) is 0.226. The number of hydrogen-bond donors (Lipinski definition) is 2. The lowest BCUT2D eigenvalue weighted by Gasteiger charge is -2.36. The number of likely N-dealkylation sites (tertiary alicyclic amines) is 1. The Bertz CT molecular complexity index is 1810. The predicted octanol–water partition coefficient (Wildman–Crippen LogP) is 6.16. The van der Waals surface area contributed by atoms with Gasteiger partial charge in [0.1, 0.15) is 22.4 Å². The van der Waals surface area contributed by atoms with Crippen LogP contribution in [0.4, 0.5) is 20.8 Å². The summed E-state index contributed by atoms with van der Waals surface area (Å²) in [6.45, 7) is 10.5. The van der Waals surface area contributed by atoms with Crippen LogP contribution in [0.3, 0.4) is 0 Å². The number of fused-ring (bicyclic) bond motifs is 1. The summed E-state index contributed by atoms with van der Waals surface area (Å²) in [7, 11) is -3.59. The first kappa shape index (κ1) is 32.3. The number of benzene rings is 1. The lowest BCUT2D eigenvalue weighted by molar-refractivity contribution is 0.0124. The topological polar surface area (TPSA) is 149 Å². The summed E-state index contributed by atoms with van der Waals surface area (Å²) in [5.41, 5.74) is 0.619. The van der Waals surface area contributed by atoms with Gasteiger partial charge in [-0.2, -0.15) is 0 Å². The highest BCUT2D eigenvalue weighted by Crippen LogP contribution is 2.40. The minimum absolute atomic E-state index is 0.0381. The molecule has 12 nitrogen and oxygen atoms in total. The predicted molar refractivity (Wildman–Crippen MR) is 172 cm³/mol. The van der Waals surface area contributed by atoms with Crippen LogP contribution >= 0.6 is 11.3 Å². The van der Waals surface area contributed by atoms with E-state index in [4.69, 9.17) is 9.47 Å². The number of thiazole rings is 1. The number of aromatic nitrogens is 4. The van der Waals surface area contributed by atoms with Gasteiger partial charge in [0, 0.05) is 36.8 Å². The summed E-state index contributed by atoms with van der Waals surface area (Å²) in [6.07, 6.45) is 1.55. The molecule has 45 heavy (non-hydrogen) atoms. The van der Waals surface area contributed by atoms with Crippen molar-refractivity contribution in [2.24, 2.45) is 0 Å². The summed E-state index contributed by atoms with van der Waals surface area (Å²) >= 11 is 1.38. The van der Waals surface area contributed by atoms with E-state index < -0.39 is 39.2 Å². The Kier molecular flexibility index (Phi) is 9.12. The number of hydrogen-bond acceptors (Lipinski definition) is 11. The molecule has 0 bridgehead atoms. The van der Waals surface area contributed by atoms with E-state index in [2.05, 4.69) is 30.0 Å². The van der Waals surface area contributed by atoms with Gasteiger partial charge in [-0.3, -0.25) is 9.71 Å². The molecular formula is C30H36FN7O5S2. The van der Waals surface area contributed by atoms with Crippen LogP contribution in [0, 0.1) is 6.92 Å². The summed E-state index contributed by atoms with van der Waals surface area (Å²) in [6, 6.07) is 8.10. The molecule has 1 amide bonds. The van der Waals surface area contributed by atoms with E-state index in [1.165, 1.54) is 16.2 Å². The molecular weight excluding hydrogens is 622 g/mol. The number of nitrogens with zero attached hydrogens (tertiary/aromatic N) is 5. The molecule has 240 valence electrons. The Morgan fingerprint density at radius 3 is 2.62 bits per heavy atom. The number of carbonyl (C=O) groups is 1. The van der Waals surface area contributed by atoms with Crippen molar-refractivity contribution in [3.8, 4) is 22.2 Å². The summed E-state index contributed by atoms with van der Waals surface area (Å²) in [5, 5.41) is 3.87. The van der Waals surface area contributed by atoms with Crippen LogP contribution in [-0.4, -0.2) is 75.5 Å². The number of ether oxygens (including phenoxy) is 2. The molecule has 1 aliphatic rings. The van der Waals surface area contributed by atoms with Crippen molar-refractivity contribution >= 4 is 50.0 Å². The van der Waals surface area contributed by atoms with Gasteiger partial charge in [-0.05, 0) is 71.9 Å². The van der Waals surface area contributed by atoms with Crippen molar-refractivity contribution in [3.05, 3.63) is 47.7 Å². The molecule has 1 aliphatic heterocycles. The normalized spacial score (nSPS) is 17.4. The highest BCUT2D eigenvalue weighted by atomic mass is 32.2. The Balaban J connectivity index is 1.38. The maximum atomic E-state index is 14.6. The molecule has 0 unspecified atom stereocenters. The van der Waals surface area contributed by atoms with Gasteiger partial charge < -0.3 is 19.7 Å². The summed E-state index contributed by atoms with van der Waals surface area (Å²) in [4.78, 5) is 32.6. The van der Waals surface area contributed by atoms with Gasteiger partial charge >= 0.3 is 6.09 Å². The third kappa shape index (κ3) is 7.76. The van der Waals surface area contributed by atoms with E-state index in [0.717, 1.165) is 5.01 Å². The van der Waals surface area contributed by atoms with Gasteiger partial charge in [0.2, 0.25) is 21.9 Å². The summed E-state index contributed by atoms with van der Waals surface area (Å²) in [5.74, 6) is 1.01. The Morgan fingerprint density at radius 1 is 1.11 bits per heavy atom. The van der Waals surface area contributed by atoms with E-state index >= 15 is 0 Å². The molecule has 0 aliphatic carbocycles. The zero-order valence-electron chi connectivity index (χ0n) is 25.9. The fourth-order valence-electron chi connectivity index (χ4n) is 4.69. The lowest BCUT2D eigenvalue weighted by atomic mass is 10.0. The monoisotopic (exact) mass is 657 g/mol. The molecule has 2 N–H and O–H groups in total. The average Bonchev–Trinajstić information content (AvgIpc) is 3.33. The first-order valence-electron chi connectivity index (χ1n) is 14.4. The molecule has 3 aromatic heterocycles. The Labute approximate surface area is 265 Å². The van der Waals surface area contributed by atoms with E-state index in [1.54, 1.807) is 77.3 Å². The third-order valence-electron chi connectivity index (χ3n) is 6.78. The van der Waals surface area contributed by atoms with Crippen molar-refractivity contribution in [2.75, 3.05) is 23.1 Å². The van der Waals surface area contributed by atoms with Gasteiger partial charge in [0.05, 0.1) is 33.7 Å². The molecule has 0 radical (unpaired) electrons. The second-order valence-corrected chi connectivity index (χ2v) is 15.4. The number of nitrogens with one attached hydrogen (secondary N) is 2. The van der Waals surface area contributed by atoms with Crippen molar-refractivity contribution in [1.29, 1.82) is 0 Å². The third-order valence-corrected chi connectivity index (χ3v) is 9.51. The van der Waals surface area contributed by atoms with Gasteiger partial charge in [-0.15, -0.1) is 11.3 Å². The first-order valence-corrected chi connectivity index (χ1v) is 16.8. The minimum Gasteiger partial charge on any atom is -0.444 e. The van der Waals surface area contributed by atoms with Crippen LogP contribution in [0.25, 0.3) is 21.5 Å². The van der Waals surface area contributed by atoms with E-state index in [0.29, 0.717) is 38.8 Å². The number of sulfonamides is 1. The fourth-order valence-corrected chi connectivity index (χ4v) is 6.21. The number of pyridine rings is 1. The van der Waals surface area contributed by atoms with Crippen LogP contribution in [0.15, 0.2) is 42.7 Å². The van der Waals surface area contributed by atoms with Crippen LogP contribution < -0.4 is 14.8 Å². The molecule has 1 aromatic carbocycles. The smallest absolute Gasteiger partial charge is 0.410 e. The van der Waals surface area contributed by atoms with E-state index in [1.807, 2.05) is 6.92 Å². The van der Waals surface area contributed by atoms with Crippen molar-refractivity contribution in [1.82, 2.24) is 24.8 Å². The van der Waals surface area contributed by atoms with Crippen LogP contribution in [0.2, 0.25) is 0 Å². The Hall–Kier alpha value is -4.11. The fraction of sp³-hybridized carbons (Fsp3) is 0.433. The van der Waals surface area contributed by atoms with Gasteiger partial charge in [0.15, 0.2) is 0 Å². The number of halogens is 1. The zero-order valence-corrected chi connectivity index (χ0v) is 27.5. The maximum absolute atomic E-state index is 14.6. The van der Waals surface area contributed by atoms with Crippen molar-refractivity contribution in [3.63, 3.8) is 0 Å². The lowest BCUT2D eigenvalue weighted by Crippen LogP contribution is -2.51. The van der Waals surface area contributed by atoms with Crippen LogP contribution in [-0.2, 0) is 14.8 Å². The number of rotatable bonds is 8. The highest BCUT2D eigenvalue weighted by Gasteiger charge is 2.33. The molecule has 15 heteroatoms. The van der Waals surface area contributed by atoms with Gasteiger partial charge in [-0.1, -0.05) is 0 Å². The maximum Gasteiger partial charge on any atom is 0.410 e. The average molecular weight is 658 g/mol. The van der Waals surface area contributed by atoms with Gasteiger partial charge in [0.25, 0.3) is 0 Å². The largest absolute Gasteiger partial charge is 0.444 e. The number of anilines is 2. The summed E-state index contributed by atoms with van der Waals surface area (Å²) < 4.78 is 54.1. The number of alkyl halides is 1. The Morgan fingerprint density at radius 2 is 1.89 bits per heavy atom. The van der Waals surface area contributed by atoms with Crippen molar-refractivity contribution < 1.29 is 27.1 Å². The second-order valence-electron chi connectivity index (χ2n) is 12.0. The number of carbonyl (C=O) groups excluding carboxylic acids is 1. The van der Waals surface area contributed by atoms with Gasteiger partial charge in [-0.25, -0.2) is 32.6 Å². The van der Waals surface area contributed by atoms with Crippen molar-refractivity contribution in [2.45, 2.75) is 71.0 Å². The van der Waals surface area contributed by atoms with E-state index in [9.17, 15) is 17.6 Å².